The summed E-state index contributed by atoms with van der Waals surface area (Å²) in [5.41, 5.74) is 4.67. The highest BCUT2D eigenvalue weighted by Crippen LogP contribution is 2.26. The number of pyridine rings is 1. The van der Waals surface area contributed by atoms with Crippen LogP contribution in [0.25, 0.3) is 22.0 Å². The van der Waals surface area contributed by atoms with Crippen LogP contribution >= 0.6 is 0 Å². The summed E-state index contributed by atoms with van der Waals surface area (Å²) in [4.78, 5) is 28.8. The predicted octanol–water partition coefficient (Wildman–Crippen LogP) is 4.58. The van der Waals surface area contributed by atoms with Crippen LogP contribution < -0.4 is 10.4 Å². The van der Waals surface area contributed by atoms with Crippen LogP contribution in [0.4, 0.5) is 0 Å². The minimum atomic E-state index is -0.428. The molecule has 0 unspecified atom stereocenters. The van der Waals surface area contributed by atoms with Crippen LogP contribution in [0.3, 0.4) is 0 Å². The van der Waals surface area contributed by atoms with E-state index in [0.717, 1.165) is 38.8 Å². The van der Waals surface area contributed by atoms with Gasteiger partial charge < -0.3 is 9.15 Å². The number of aromatic nitrogens is 3. The van der Waals surface area contributed by atoms with Crippen molar-refractivity contribution in [2.75, 3.05) is 0 Å². The Kier molecular flexibility index (Phi) is 5.35. The number of carbonyl (C=O) groups excluding carboxylic acids is 1. The summed E-state index contributed by atoms with van der Waals surface area (Å²) in [7, 11) is 0. The first-order chi connectivity index (χ1) is 14.7. The molecule has 0 saturated carbocycles. The summed E-state index contributed by atoms with van der Waals surface area (Å²) >= 11 is 0. The normalized spacial score (nSPS) is 11.5. The highest BCUT2D eigenvalue weighted by atomic mass is 16.5. The van der Waals surface area contributed by atoms with Crippen LogP contribution in [-0.2, 0) is 11.2 Å². The van der Waals surface area contributed by atoms with Crippen molar-refractivity contribution < 1.29 is 13.9 Å². The van der Waals surface area contributed by atoms with E-state index in [2.05, 4.69) is 18.9 Å². The van der Waals surface area contributed by atoms with Gasteiger partial charge in [-0.1, -0.05) is 0 Å². The lowest BCUT2D eigenvalue weighted by Gasteiger charge is -2.12. The third kappa shape index (κ3) is 3.95. The van der Waals surface area contributed by atoms with E-state index in [-0.39, 0.29) is 18.4 Å². The Morgan fingerprint density at radius 2 is 1.94 bits per heavy atom. The molecule has 0 aliphatic heterocycles. The zero-order chi connectivity index (χ0) is 22.3. The number of carbonyl (C=O) groups is 1. The smallest absolute Gasteiger partial charge is 0.336 e. The van der Waals surface area contributed by atoms with E-state index < -0.39 is 5.63 Å². The lowest BCUT2D eigenvalue weighted by atomic mass is 10.0. The van der Waals surface area contributed by atoms with E-state index >= 15 is 0 Å². The number of ether oxygens (including phenoxy) is 1. The Morgan fingerprint density at radius 3 is 2.68 bits per heavy atom. The summed E-state index contributed by atoms with van der Waals surface area (Å²) in [6.45, 7) is 9.98. The van der Waals surface area contributed by atoms with Crippen LogP contribution in [0, 0.1) is 20.8 Å². The molecule has 0 bridgehead atoms. The van der Waals surface area contributed by atoms with E-state index in [0.29, 0.717) is 17.8 Å². The van der Waals surface area contributed by atoms with Gasteiger partial charge in [0, 0.05) is 34.6 Å². The molecule has 0 spiro atoms. The van der Waals surface area contributed by atoms with Gasteiger partial charge in [0.15, 0.2) is 5.65 Å². The van der Waals surface area contributed by atoms with Crippen LogP contribution in [0.1, 0.15) is 48.7 Å². The van der Waals surface area contributed by atoms with Crippen molar-refractivity contribution in [3.8, 4) is 5.75 Å². The van der Waals surface area contributed by atoms with Gasteiger partial charge in [-0.2, -0.15) is 5.10 Å². The van der Waals surface area contributed by atoms with Crippen LogP contribution in [0.15, 0.2) is 39.7 Å². The second-order valence-corrected chi connectivity index (χ2v) is 8.10. The quantitative estimate of drug-likeness (QED) is 0.267. The fraction of sp³-hybridized carbons (Fsp3) is 0.333. The number of esters is 1. The molecule has 4 aromatic rings. The maximum Gasteiger partial charge on any atom is 0.336 e. The van der Waals surface area contributed by atoms with E-state index in [9.17, 15) is 9.59 Å². The first kappa shape index (κ1) is 20.8. The zero-order valence-corrected chi connectivity index (χ0v) is 18.4. The molecule has 4 rings (SSSR count). The summed E-state index contributed by atoms with van der Waals surface area (Å²) in [5, 5.41) is 6.27. The number of fused-ring (bicyclic) bond motifs is 2. The van der Waals surface area contributed by atoms with Gasteiger partial charge in [0.25, 0.3) is 0 Å². The van der Waals surface area contributed by atoms with Gasteiger partial charge in [-0.05, 0) is 69.9 Å². The summed E-state index contributed by atoms with van der Waals surface area (Å²) in [5.74, 6) is -0.00222. The SMILES string of the molecule is Cc1nc2c(cnn2C(C)C)c(C)c1CCC(=O)Oc1ccc2c(C)cc(=O)oc2c1. The van der Waals surface area contributed by atoms with Gasteiger partial charge in [-0.15, -0.1) is 0 Å². The fourth-order valence-corrected chi connectivity index (χ4v) is 3.92. The average Bonchev–Trinajstić information content (AvgIpc) is 3.11. The summed E-state index contributed by atoms with van der Waals surface area (Å²) in [6, 6.07) is 6.73. The van der Waals surface area contributed by atoms with E-state index in [4.69, 9.17) is 14.1 Å². The molecule has 160 valence electrons. The van der Waals surface area contributed by atoms with Crippen molar-refractivity contribution >= 4 is 28.0 Å². The number of hydrogen-bond acceptors (Lipinski definition) is 6. The zero-order valence-electron chi connectivity index (χ0n) is 18.4. The molecule has 31 heavy (non-hydrogen) atoms. The molecule has 0 radical (unpaired) electrons. The molecule has 7 nitrogen and oxygen atoms in total. The number of nitrogens with zero attached hydrogens (tertiary/aromatic N) is 3. The highest BCUT2D eigenvalue weighted by Gasteiger charge is 2.16. The minimum absolute atomic E-state index is 0.211. The molecule has 0 fully saturated rings. The van der Waals surface area contributed by atoms with Crippen LogP contribution in [0.2, 0.25) is 0 Å². The molecule has 1 aromatic carbocycles. The summed E-state index contributed by atoms with van der Waals surface area (Å²) in [6.07, 6.45) is 2.57. The largest absolute Gasteiger partial charge is 0.426 e. The minimum Gasteiger partial charge on any atom is -0.426 e. The molecule has 0 aliphatic rings. The molecule has 0 aliphatic carbocycles. The fourth-order valence-electron chi connectivity index (χ4n) is 3.92. The molecular weight excluding hydrogens is 394 g/mol. The van der Waals surface area contributed by atoms with E-state index in [1.807, 2.05) is 31.6 Å². The topological polar surface area (TPSA) is 87.2 Å². The van der Waals surface area contributed by atoms with Crippen molar-refractivity contribution in [3.05, 3.63) is 63.3 Å². The van der Waals surface area contributed by atoms with Crippen molar-refractivity contribution in [1.29, 1.82) is 0 Å². The second kappa shape index (κ2) is 7.98. The molecule has 0 amide bonds. The highest BCUT2D eigenvalue weighted by molar-refractivity contribution is 5.83. The Labute approximate surface area is 179 Å². The van der Waals surface area contributed by atoms with Crippen molar-refractivity contribution in [1.82, 2.24) is 14.8 Å². The Hall–Kier alpha value is -3.48. The third-order valence-corrected chi connectivity index (χ3v) is 5.56. The van der Waals surface area contributed by atoms with Crippen molar-refractivity contribution in [2.24, 2.45) is 0 Å². The molecule has 3 aromatic heterocycles. The van der Waals surface area contributed by atoms with Gasteiger partial charge in [-0.25, -0.2) is 14.5 Å². The molecule has 0 N–H and O–H groups in total. The lowest BCUT2D eigenvalue weighted by Crippen LogP contribution is -2.11. The molecule has 0 atom stereocenters. The second-order valence-electron chi connectivity index (χ2n) is 8.10. The third-order valence-electron chi connectivity index (χ3n) is 5.56. The standard InChI is InChI=1S/C24H25N3O4/c1-13(2)27-24-20(12-25-27)15(4)19(16(5)26-24)8-9-22(28)30-17-6-7-18-14(3)10-23(29)31-21(18)11-17/h6-7,10-13H,8-9H2,1-5H3. The Balaban J connectivity index is 1.52. The lowest BCUT2D eigenvalue weighted by molar-refractivity contribution is -0.134. The predicted molar refractivity (Wildman–Crippen MR) is 119 cm³/mol. The van der Waals surface area contributed by atoms with Crippen LogP contribution in [0.5, 0.6) is 5.75 Å². The number of aryl methyl sites for hydroxylation is 3. The van der Waals surface area contributed by atoms with Gasteiger partial charge in [-0.3, -0.25) is 4.79 Å². The van der Waals surface area contributed by atoms with E-state index in [1.54, 1.807) is 18.2 Å². The Bertz CT molecular complexity index is 1370. The average molecular weight is 419 g/mol. The first-order valence-corrected chi connectivity index (χ1v) is 10.3. The molecular formula is C24H25N3O4. The van der Waals surface area contributed by atoms with Gasteiger partial charge >= 0.3 is 11.6 Å². The maximum atomic E-state index is 12.5. The van der Waals surface area contributed by atoms with Gasteiger partial charge in [0.2, 0.25) is 0 Å². The monoisotopic (exact) mass is 419 g/mol. The van der Waals surface area contributed by atoms with Crippen molar-refractivity contribution in [2.45, 2.75) is 53.5 Å². The van der Waals surface area contributed by atoms with Crippen molar-refractivity contribution in [3.63, 3.8) is 0 Å². The number of hydrogen-bond donors (Lipinski definition) is 0. The van der Waals surface area contributed by atoms with Gasteiger partial charge in [0.05, 0.1) is 12.6 Å². The summed E-state index contributed by atoms with van der Waals surface area (Å²) < 4.78 is 12.6. The van der Waals surface area contributed by atoms with Gasteiger partial charge in [0.1, 0.15) is 11.3 Å². The molecule has 3 heterocycles. The van der Waals surface area contributed by atoms with E-state index in [1.165, 1.54) is 6.07 Å². The maximum absolute atomic E-state index is 12.5. The molecule has 7 heteroatoms. The first-order valence-electron chi connectivity index (χ1n) is 10.3. The number of rotatable bonds is 5. The van der Waals surface area contributed by atoms with Crippen LogP contribution in [-0.4, -0.2) is 20.7 Å². The number of benzene rings is 1. The Morgan fingerprint density at radius 1 is 1.16 bits per heavy atom. The molecule has 0 saturated heterocycles.